The van der Waals surface area contributed by atoms with Gasteiger partial charge in [0, 0.05) is 0 Å². The van der Waals surface area contributed by atoms with Crippen molar-refractivity contribution in [2.75, 3.05) is 0 Å². The molecule has 2 fully saturated rings. The molecule has 1 unspecified atom stereocenters. The number of carbonyl (C=O) groups excluding carboxylic acids is 2. The third-order valence-corrected chi connectivity index (χ3v) is 11.1. The number of rotatable bonds is 5. The quantitative estimate of drug-likeness (QED) is 0.467. The summed E-state index contributed by atoms with van der Waals surface area (Å²) < 4.78 is 6.20. The number of β-lactam (4-membered cyclic amide) rings is 1. The molecule has 2 aliphatic rings. The van der Waals surface area contributed by atoms with E-state index in [2.05, 4.69) is 0 Å². The molecule has 0 bridgehead atoms. The predicted octanol–water partition coefficient (Wildman–Crippen LogP) is 1.15. The van der Waals surface area contributed by atoms with Crippen molar-refractivity contribution in [2.45, 2.75) is 81.9 Å². The Balaban J connectivity index is 1.88. The molecule has 30 heavy (non-hydrogen) atoms. The van der Waals surface area contributed by atoms with Crippen LogP contribution in [0.1, 0.15) is 32.8 Å². The van der Waals surface area contributed by atoms with E-state index in [0.717, 1.165) is 10.6 Å². The van der Waals surface area contributed by atoms with E-state index in [1.54, 1.807) is 12.1 Å². The van der Waals surface area contributed by atoms with E-state index in [1.807, 2.05) is 52.1 Å². The van der Waals surface area contributed by atoms with Gasteiger partial charge in [-0.3, -0.25) is 14.4 Å². The third-order valence-electron chi connectivity index (χ3n) is 6.61. The molecule has 3 rings (SSSR count). The minimum absolute atomic E-state index is 0.0146. The van der Waals surface area contributed by atoms with Gasteiger partial charge in [-0.2, -0.15) is 0 Å². The van der Waals surface area contributed by atoms with E-state index in [1.165, 1.54) is 0 Å². The van der Waals surface area contributed by atoms with Crippen LogP contribution in [-0.2, 0) is 25.5 Å². The first-order valence-electron chi connectivity index (χ1n) is 10.1. The molecule has 1 heterocycles. The molecule has 1 aromatic rings. The summed E-state index contributed by atoms with van der Waals surface area (Å²) in [4.78, 5) is 30.9. The topological polar surface area (TPSA) is 117 Å². The molecule has 3 N–H and O–H groups in total. The Labute approximate surface area is 177 Å². The zero-order chi connectivity index (χ0) is 22.5. The molecule has 1 saturated carbocycles. The Kier molecular flexibility index (Phi) is 6.00. The number of Topliss-reactive ketones (excluding diaryl/α,β-unsaturated/α-hetero) is 1. The molecule has 166 valence electrons. The van der Waals surface area contributed by atoms with E-state index < -0.39 is 50.0 Å². The van der Waals surface area contributed by atoms with E-state index >= 15 is 0 Å². The van der Waals surface area contributed by atoms with Crippen LogP contribution in [0.3, 0.4) is 0 Å². The van der Waals surface area contributed by atoms with Crippen LogP contribution in [0, 0.1) is 0 Å². The number of aliphatic hydroxyl groups excluding tert-OH is 3. The second-order valence-electron chi connectivity index (χ2n) is 9.64. The largest absolute Gasteiger partial charge is 0.408 e. The standard InChI is InChI=1S/C21H31NO7Si/c1-20(2,3)30(4,5)29-17-15(24)16(25)18(26)21(19(17)27)11-14(23)22(21)28-12-13-9-7-6-8-10-13/h6-10,15-17,19,24-25,27H,11-12H2,1-5H3/t15?,16-,17-,19-,21-/m1/s1. The second-order valence-corrected chi connectivity index (χ2v) is 14.4. The molecule has 1 amide bonds. The number of benzene rings is 1. The van der Waals surface area contributed by atoms with Crippen LogP contribution < -0.4 is 0 Å². The molecule has 8 nitrogen and oxygen atoms in total. The van der Waals surface area contributed by atoms with Crippen LogP contribution in [0.2, 0.25) is 18.1 Å². The summed E-state index contributed by atoms with van der Waals surface area (Å²) in [7, 11) is -2.48. The monoisotopic (exact) mass is 437 g/mol. The Hall–Kier alpha value is -1.62. The van der Waals surface area contributed by atoms with Crippen LogP contribution in [-0.4, -0.2) is 70.3 Å². The van der Waals surface area contributed by atoms with E-state index in [-0.39, 0.29) is 18.1 Å². The number of hydrogen-bond acceptors (Lipinski definition) is 7. The van der Waals surface area contributed by atoms with E-state index in [0.29, 0.717) is 0 Å². The molecular formula is C21H31NO7Si. The van der Waals surface area contributed by atoms with Crippen molar-refractivity contribution in [3.63, 3.8) is 0 Å². The Bertz CT molecular complexity index is 809. The molecule has 5 atom stereocenters. The molecule has 1 spiro atoms. The number of amides is 1. The summed E-state index contributed by atoms with van der Waals surface area (Å²) in [6.07, 6.45) is -6.47. The van der Waals surface area contributed by atoms with Crippen LogP contribution in [0.15, 0.2) is 30.3 Å². The minimum Gasteiger partial charge on any atom is -0.408 e. The van der Waals surface area contributed by atoms with Gasteiger partial charge in [-0.25, -0.2) is 5.06 Å². The van der Waals surface area contributed by atoms with Crippen molar-refractivity contribution in [3.05, 3.63) is 35.9 Å². The van der Waals surface area contributed by atoms with Crippen molar-refractivity contribution in [2.24, 2.45) is 0 Å². The normalized spacial score (nSPS) is 32.5. The van der Waals surface area contributed by atoms with Gasteiger partial charge in [-0.1, -0.05) is 51.1 Å². The number of aliphatic hydroxyl groups is 3. The Morgan fingerprint density at radius 3 is 2.27 bits per heavy atom. The summed E-state index contributed by atoms with van der Waals surface area (Å²) in [6, 6.07) is 9.08. The van der Waals surface area contributed by atoms with Crippen molar-refractivity contribution in [3.8, 4) is 0 Å². The number of nitrogens with zero attached hydrogens (tertiary/aromatic N) is 1. The van der Waals surface area contributed by atoms with Gasteiger partial charge in [0.25, 0.3) is 0 Å². The van der Waals surface area contributed by atoms with Gasteiger partial charge in [0.2, 0.25) is 5.91 Å². The lowest BCUT2D eigenvalue weighted by Crippen LogP contribution is -2.82. The molecule has 0 radical (unpaired) electrons. The summed E-state index contributed by atoms with van der Waals surface area (Å²) in [5.41, 5.74) is -1.00. The van der Waals surface area contributed by atoms with Crippen LogP contribution in [0.5, 0.6) is 0 Å². The minimum atomic E-state index is -2.48. The average Bonchev–Trinajstić information content (AvgIpc) is 2.67. The maximum absolute atomic E-state index is 12.9. The fourth-order valence-electron chi connectivity index (χ4n) is 3.66. The first kappa shape index (κ1) is 23.0. The van der Waals surface area contributed by atoms with Crippen LogP contribution in [0.4, 0.5) is 0 Å². The zero-order valence-electron chi connectivity index (χ0n) is 18.0. The van der Waals surface area contributed by atoms with E-state index in [4.69, 9.17) is 9.26 Å². The number of hydrogen-bond donors (Lipinski definition) is 3. The molecule has 9 heteroatoms. The summed E-state index contributed by atoms with van der Waals surface area (Å²) in [6.45, 7) is 9.90. The van der Waals surface area contributed by atoms with Crippen molar-refractivity contribution < 1.29 is 34.2 Å². The Morgan fingerprint density at radius 2 is 1.73 bits per heavy atom. The molecule has 1 saturated heterocycles. The lowest BCUT2D eigenvalue weighted by atomic mass is 9.67. The molecule has 1 aromatic carbocycles. The highest BCUT2D eigenvalue weighted by Gasteiger charge is 2.70. The predicted molar refractivity (Wildman–Crippen MR) is 111 cm³/mol. The maximum Gasteiger partial charge on any atom is 0.250 e. The summed E-state index contributed by atoms with van der Waals surface area (Å²) >= 11 is 0. The second kappa shape index (κ2) is 7.81. The molecule has 1 aliphatic heterocycles. The summed E-state index contributed by atoms with van der Waals surface area (Å²) in [5, 5.41) is 32.8. The maximum atomic E-state index is 12.9. The lowest BCUT2D eigenvalue weighted by molar-refractivity contribution is -0.294. The van der Waals surface area contributed by atoms with E-state index in [9.17, 15) is 24.9 Å². The van der Waals surface area contributed by atoms with Crippen molar-refractivity contribution in [1.29, 1.82) is 0 Å². The van der Waals surface area contributed by atoms with Gasteiger partial charge in [0.05, 0.1) is 6.42 Å². The summed E-state index contributed by atoms with van der Waals surface area (Å²) in [5.74, 6) is -1.32. The van der Waals surface area contributed by atoms with Gasteiger partial charge in [-0.15, -0.1) is 0 Å². The van der Waals surface area contributed by atoms with Crippen molar-refractivity contribution in [1.82, 2.24) is 5.06 Å². The number of carbonyl (C=O) groups is 2. The molecular weight excluding hydrogens is 406 g/mol. The Morgan fingerprint density at radius 1 is 1.13 bits per heavy atom. The SMILES string of the molecule is CC(C)(C)[Si](C)(C)O[C@@H]1C(O)[C@@H](O)C(=O)[C@]2(CC(=O)N2OCc2ccccc2)[C@@H]1O. The highest BCUT2D eigenvalue weighted by Crippen LogP contribution is 2.46. The van der Waals surface area contributed by atoms with Crippen molar-refractivity contribution >= 4 is 20.0 Å². The smallest absolute Gasteiger partial charge is 0.250 e. The van der Waals surface area contributed by atoms with Gasteiger partial charge in [0.1, 0.15) is 31.0 Å². The first-order valence-corrected chi connectivity index (χ1v) is 13.0. The fourth-order valence-corrected chi connectivity index (χ4v) is 4.97. The number of ketones is 1. The fraction of sp³-hybridized carbons (Fsp3) is 0.619. The zero-order valence-corrected chi connectivity index (χ0v) is 19.0. The highest BCUT2D eigenvalue weighted by molar-refractivity contribution is 6.74. The van der Waals surface area contributed by atoms with Gasteiger partial charge < -0.3 is 19.7 Å². The highest BCUT2D eigenvalue weighted by atomic mass is 28.4. The first-order chi connectivity index (χ1) is 13.8. The molecule has 1 aliphatic carbocycles. The van der Waals surface area contributed by atoms with Gasteiger partial charge in [-0.05, 0) is 23.7 Å². The average molecular weight is 438 g/mol. The molecule has 0 aromatic heterocycles. The van der Waals surface area contributed by atoms with Crippen LogP contribution in [0.25, 0.3) is 0 Å². The van der Waals surface area contributed by atoms with Gasteiger partial charge >= 0.3 is 0 Å². The lowest BCUT2D eigenvalue weighted by Gasteiger charge is -2.57. The number of hydroxylamine groups is 2. The van der Waals surface area contributed by atoms with Crippen LogP contribution >= 0.6 is 0 Å². The third kappa shape index (κ3) is 3.63. The van der Waals surface area contributed by atoms with Gasteiger partial charge in [0.15, 0.2) is 19.6 Å².